The molecule has 0 saturated carbocycles. The number of piperidine rings is 1. The number of benzene rings is 4. The number of likely N-dealkylation sites (tertiary alicyclic amines) is 1. The van der Waals surface area contributed by atoms with Crippen LogP contribution in [-0.2, 0) is 17.5 Å². The fraction of sp³-hybridized carbons (Fsp3) is 0.189. The molecule has 0 atom stereocenters. The Hall–Kier alpha value is -5.29. The Morgan fingerprint density at radius 3 is 2.19 bits per heavy atom. The molecule has 1 fully saturated rings. The Kier molecular flexibility index (Phi) is 9.67. The quantitative estimate of drug-likeness (QED) is 0.168. The average Bonchev–Trinajstić information content (AvgIpc) is 3.62. The summed E-state index contributed by atoms with van der Waals surface area (Å²) in [5.74, 6) is -1.15. The van der Waals surface area contributed by atoms with E-state index in [1.54, 1.807) is 58.8 Å². The van der Waals surface area contributed by atoms with Crippen molar-refractivity contribution in [3.05, 3.63) is 141 Å². The van der Waals surface area contributed by atoms with E-state index in [1.165, 1.54) is 23.5 Å². The van der Waals surface area contributed by atoms with Crippen LogP contribution in [0.2, 0.25) is 0 Å². The zero-order valence-electron chi connectivity index (χ0n) is 25.6. The molecule has 1 N–H and O–H groups in total. The van der Waals surface area contributed by atoms with Crippen molar-refractivity contribution in [2.24, 2.45) is 0 Å². The van der Waals surface area contributed by atoms with Gasteiger partial charge in [0.1, 0.15) is 12.3 Å². The molecule has 2 heterocycles. The highest BCUT2D eigenvalue weighted by Gasteiger charge is 2.31. The highest BCUT2D eigenvalue weighted by molar-refractivity contribution is 7.10. The molecule has 0 unspecified atom stereocenters. The number of ether oxygens (including phenoxy) is 1. The molecule has 6 rings (SSSR count). The van der Waals surface area contributed by atoms with Crippen molar-refractivity contribution >= 4 is 34.8 Å². The Morgan fingerprint density at radius 1 is 0.833 bits per heavy atom. The van der Waals surface area contributed by atoms with Gasteiger partial charge < -0.3 is 15.0 Å². The lowest BCUT2D eigenvalue weighted by Gasteiger charge is -2.31. The molecule has 4 aromatic carbocycles. The molecular weight excluding hydrogens is 639 g/mol. The van der Waals surface area contributed by atoms with Crippen LogP contribution in [0.4, 0.5) is 18.9 Å². The second kappa shape index (κ2) is 14.2. The topological polar surface area (TPSA) is 88.6 Å². The average molecular weight is 670 g/mol. The van der Waals surface area contributed by atoms with Crippen molar-refractivity contribution < 1.29 is 32.3 Å². The molecular formula is C37H30F3N3O4S. The van der Waals surface area contributed by atoms with Crippen LogP contribution in [0.5, 0.6) is 0 Å². The van der Waals surface area contributed by atoms with Gasteiger partial charge in [0.2, 0.25) is 0 Å². The van der Waals surface area contributed by atoms with Crippen LogP contribution in [0.1, 0.15) is 66.1 Å². The maximum absolute atomic E-state index is 13.6. The number of aromatic nitrogens is 1. The fourth-order valence-electron chi connectivity index (χ4n) is 5.60. The van der Waals surface area contributed by atoms with Gasteiger partial charge in [-0.05, 0) is 59.9 Å². The van der Waals surface area contributed by atoms with Gasteiger partial charge in [-0.1, -0.05) is 72.8 Å². The summed E-state index contributed by atoms with van der Waals surface area (Å²) < 4.78 is 44.7. The number of hydrogen-bond donors (Lipinski definition) is 1. The van der Waals surface area contributed by atoms with Crippen LogP contribution >= 0.6 is 11.3 Å². The number of thiazole rings is 1. The van der Waals surface area contributed by atoms with Crippen molar-refractivity contribution in [3.63, 3.8) is 0 Å². The number of rotatable bonds is 8. The van der Waals surface area contributed by atoms with E-state index in [1.807, 2.05) is 30.3 Å². The number of carbonyl (C=O) groups is 3. The summed E-state index contributed by atoms with van der Waals surface area (Å²) in [5.41, 5.74) is 2.40. The Bertz CT molecular complexity index is 1920. The molecule has 1 aliphatic heterocycles. The third-order valence-electron chi connectivity index (χ3n) is 8.17. The third-order valence-corrected chi connectivity index (χ3v) is 9.18. The summed E-state index contributed by atoms with van der Waals surface area (Å²) in [4.78, 5) is 45.9. The fourth-order valence-corrected chi connectivity index (χ4v) is 6.57. The minimum atomic E-state index is -4.44. The normalized spacial score (nSPS) is 13.6. The SMILES string of the molecule is O=C(Nc1ccccc1C(=O)OCc1ccccc1)c1csc(C2CCN(C(=O)c3ccccc3-c3ccc(C(F)(F)F)cc3)CC2)n1. The Balaban J connectivity index is 1.07. The molecule has 244 valence electrons. The van der Waals surface area contributed by atoms with Gasteiger partial charge in [0, 0.05) is 30.0 Å². The van der Waals surface area contributed by atoms with E-state index in [2.05, 4.69) is 10.3 Å². The molecule has 0 spiro atoms. The second-order valence-electron chi connectivity index (χ2n) is 11.3. The van der Waals surface area contributed by atoms with Gasteiger partial charge in [0.25, 0.3) is 11.8 Å². The summed E-state index contributed by atoms with van der Waals surface area (Å²) in [7, 11) is 0. The first kappa shape index (κ1) is 32.6. The molecule has 0 aliphatic carbocycles. The van der Waals surface area contributed by atoms with Crippen LogP contribution in [-0.4, -0.2) is 40.8 Å². The molecule has 2 amide bonds. The van der Waals surface area contributed by atoms with E-state index in [4.69, 9.17) is 4.74 Å². The first-order valence-corrected chi connectivity index (χ1v) is 16.2. The number of amides is 2. The van der Waals surface area contributed by atoms with Crippen LogP contribution < -0.4 is 5.32 Å². The Morgan fingerprint density at radius 2 is 1.48 bits per heavy atom. The summed E-state index contributed by atoms with van der Waals surface area (Å²) in [6, 6.07) is 27.7. The highest BCUT2D eigenvalue weighted by Crippen LogP contribution is 2.34. The van der Waals surface area contributed by atoms with E-state index in [-0.39, 0.29) is 29.7 Å². The monoisotopic (exact) mass is 669 g/mol. The lowest BCUT2D eigenvalue weighted by atomic mass is 9.94. The predicted molar refractivity (Wildman–Crippen MR) is 177 cm³/mol. The van der Waals surface area contributed by atoms with Crippen molar-refractivity contribution in [2.75, 3.05) is 18.4 Å². The number of alkyl halides is 3. The molecule has 0 bridgehead atoms. The van der Waals surface area contributed by atoms with Gasteiger partial charge in [0.15, 0.2) is 0 Å². The van der Waals surface area contributed by atoms with Gasteiger partial charge in [-0.2, -0.15) is 13.2 Å². The van der Waals surface area contributed by atoms with Gasteiger partial charge in [-0.25, -0.2) is 9.78 Å². The van der Waals surface area contributed by atoms with Crippen LogP contribution in [0.25, 0.3) is 11.1 Å². The van der Waals surface area contributed by atoms with Gasteiger partial charge in [0.05, 0.1) is 21.8 Å². The first-order valence-electron chi connectivity index (χ1n) is 15.3. The lowest BCUT2D eigenvalue weighted by molar-refractivity contribution is -0.137. The Labute approximate surface area is 279 Å². The number of hydrogen-bond acceptors (Lipinski definition) is 6. The number of nitrogens with zero attached hydrogens (tertiary/aromatic N) is 2. The zero-order chi connectivity index (χ0) is 33.7. The largest absolute Gasteiger partial charge is 0.457 e. The smallest absolute Gasteiger partial charge is 0.416 e. The minimum absolute atomic E-state index is 0.0472. The van der Waals surface area contributed by atoms with E-state index in [0.29, 0.717) is 48.3 Å². The van der Waals surface area contributed by atoms with E-state index < -0.39 is 23.6 Å². The molecule has 5 aromatic rings. The predicted octanol–water partition coefficient (Wildman–Crippen LogP) is 8.46. The zero-order valence-corrected chi connectivity index (χ0v) is 26.4. The van der Waals surface area contributed by atoms with E-state index in [9.17, 15) is 27.6 Å². The van der Waals surface area contributed by atoms with Gasteiger partial charge in [-0.3, -0.25) is 9.59 Å². The lowest BCUT2D eigenvalue weighted by Crippen LogP contribution is -2.38. The van der Waals surface area contributed by atoms with E-state index in [0.717, 1.165) is 22.7 Å². The van der Waals surface area contributed by atoms with E-state index >= 15 is 0 Å². The maximum atomic E-state index is 13.6. The van der Waals surface area contributed by atoms with Crippen LogP contribution in [0, 0.1) is 0 Å². The van der Waals surface area contributed by atoms with Crippen LogP contribution in [0.15, 0.2) is 109 Å². The summed E-state index contributed by atoms with van der Waals surface area (Å²) in [6.45, 7) is 1.03. The van der Waals surface area contributed by atoms with Gasteiger partial charge in [-0.15, -0.1) is 11.3 Å². The standard InChI is InChI=1S/C37H30F3N3O4S/c38-37(39,40)27-16-14-25(15-17-27)28-10-4-5-11-29(28)35(45)43-20-18-26(19-21-43)34-42-32(23-48-34)33(44)41-31-13-7-6-12-30(31)36(46)47-22-24-8-2-1-3-9-24/h1-17,23,26H,18-22H2,(H,41,44). The molecule has 7 nitrogen and oxygen atoms in total. The van der Waals surface area contributed by atoms with Crippen molar-refractivity contribution in [1.82, 2.24) is 9.88 Å². The highest BCUT2D eigenvalue weighted by atomic mass is 32.1. The van der Waals surface area contributed by atoms with Crippen molar-refractivity contribution in [2.45, 2.75) is 31.5 Å². The molecule has 1 aliphatic rings. The summed E-state index contributed by atoms with van der Waals surface area (Å²) in [6.07, 6.45) is -3.16. The number of esters is 1. The number of para-hydroxylation sites is 1. The number of nitrogens with one attached hydrogen (secondary N) is 1. The van der Waals surface area contributed by atoms with Gasteiger partial charge >= 0.3 is 12.1 Å². The first-order chi connectivity index (χ1) is 23.2. The molecule has 48 heavy (non-hydrogen) atoms. The summed E-state index contributed by atoms with van der Waals surface area (Å²) in [5, 5.41) is 5.25. The molecule has 1 saturated heterocycles. The third kappa shape index (κ3) is 7.47. The van der Waals surface area contributed by atoms with Crippen molar-refractivity contribution in [1.29, 1.82) is 0 Å². The summed E-state index contributed by atoms with van der Waals surface area (Å²) >= 11 is 1.37. The number of halogens is 3. The number of carbonyl (C=O) groups excluding carboxylic acids is 3. The molecule has 11 heteroatoms. The van der Waals surface area contributed by atoms with Crippen molar-refractivity contribution in [3.8, 4) is 11.1 Å². The minimum Gasteiger partial charge on any atom is -0.457 e. The number of anilines is 1. The second-order valence-corrected chi connectivity index (χ2v) is 12.2. The maximum Gasteiger partial charge on any atom is 0.416 e. The molecule has 0 radical (unpaired) electrons. The molecule has 1 aromatic heterocycles. The van der Waals surface area contributed by atoms with Crippen LogP contribution in [0.3, 0.4) is 0 Å².